The molecule has 3 N–H and O–H groups in total. The second kappa shape index (κ2) is 9.18. The molecule has 0 bridgehead atoms. The molecule has 1 unspecified atom stereocenters. The van der Waals surface area contributed by atoms with Crippen LogP contribution in [0.2, 0.25) is 0 Å². The van der Waals surface area contributed by atoms with Crippen molar-refractivity contribution in [1.29, 1.82) is 0 Å². The summed E-state index contributed by atoms with van der Waals surface area (Å²) in [5.41, 5.74) is 12.2. The number of nitrogen functional groups attached to an aromatic ring is 1. The van der Waals surface area contributed by atoms with Gasteiger partial charge in [0.2, 0.25) is 0 Å². The number of nitrogens with two attached hydrogens (primary N) is 1. The van der Waals surface area contributed by atoms with Gasteiger partial charge in [-0.15, -0.1) is 0 Å². The molecule has 8 nitrogen and oxygen atoms in total. The highest BCUT2D eigenvalue weighted by Gasteiger charge is 2.31. The van der Waals surface area contributed by atoms with E-state index in [1.165, 1.54) is 6.42 Å². The number of carbonyl (C=O) groups is 1. The Morgan fingerprint density at radius 3 is 2.51 bits per heavy atom. The first kappa shape index (κ1) is 23.5. The number of nitrogens with zero attached hydrogens (tertiary/aromatic N) is 3. The van der Waals surface area contributed by atoms with E-state index in [0.29, 0.717) is 23.7 Å². The van der Waals surface area contributed by atoms with E-state index in [-0.39, 0.29) is 6.10 Å². The van der Waals surface area contributed by atoms with Gasteiger partial charge in [-0.2, -0.15) is 0 Å². The van der Waals surface area contributed by atoms with Gasteiger partial charge in [0.1, 0.15) is 11.9 Å². The number of benzene rings is 2. The summed E-state index contributed by atoms with van der Waals surface area (Å²) in [6, 6.07) is 14.8. The van der Waals surface area contributed by atoms with Gasteiger partial charge in [-0.1, -0.05) is 12.1 Å². The number of hydrogen-bond donors (Lipinski definition) is 2. The Hall–Kier alpha value is -3.94. The molecule has 192 valence electrons. The van der Waals surface area contributed by atoms with Crippen molar-refractivity contribution >= 4 is 28.4 Å². The Morgan fingerprint density at radius 1 is 1.14 bits per heavy atom. The SMILES string of the molecule is Cc1cn(C)c(Oc2ccc3c(N)c(-c4ccc(NC(=O)OC(C)C5CC5)cc4)n(C4CCC4)c3c2)n1. The molecule has 2 aromatic carbocycles. The number of ether oxygens (including phenoxy) is 2. The fourth-order valence-electron chi connectivity index (χ4n) is 5.18. The Kier molecular flexibility index (Phi) is 5.82. The minimum Gasteiger partial charge on any atom is -0.446 e. The normalized spacial score (nSPS) is 16.4. The van der Waals surface area contributed by atoms with Crippen molar-refractivity contribution in [3.63, 3.8) is 0 Å². The van der Waals surface area contributed by atoms with Crippen LogP contribution in [0.3, 0.4) is 0 Å². The number of amides is 1. The number of aryl methyl sites for hydroxylation is 2. The van der Waals surface area contributed by atoms with Gasteiger partial charge in [-0.3, -0.25) is 5.32 Å². The Labute approximate surface area is 216 Å². The van der Waals surface area contributed by atoms with E-state index in [1.807, 2.05) is 68.1 Å². The minimum absolute atomic E-state index is 0.0486. The lowest BCUT2D eigenvalue weighted by atomic mass is 9.92. The van der Waals surface area contributed by atoms with Crippen LogP contribution in [-0.2, 0) is 11.8 Å². The Morgan fingerprint density at radius 2 is 1.89 bits per heavy atom. The summed E-state index contributed by atoms with van der Waals surface area (Å²) in [6.45, 7) is 3.90. The quantitative estimate of drug-likeness (QED) is 0.292. The smallest absolute Gasteiger partial charge is 0.411 e. The van der Waals surface area contributed by atoms with Crippen LogP contribution < -0.4 is 15.8 Å². The molecule has 2 heterocycles. The summed E-state index contributed by atoms with van der Waals surface area (Å²) in [5.74, 6) is 1.23. The molecule has 2 saturated carbocycles. The summed E-state index contributed by atoms with van der Waals surface area (Å²) < 4.78 is 15.9. The van der Waals surface area contributed by atoms with Crippen molar-refractivity contribution in [2.24, 2.45) is 13.0 Å². The lowest BCUT2D eigenvalue weighted by molar-refractivity contribution is 0.108. The lowest BCUT2D eigenvalue weighted by Gasteiger charge is -2.30. The van der Waals surface area contributed by atoms with Crippen LogP contribution in [0.25, 0.3) is 22.2 Å². The average molecular weight is 500 g/mol. The van der Waals surface area contributed by atoms with E-state index < -0.39 is 6.09 Å². The molecule has 0 saturated heterocycles. The molecule has 4 aromatic rings. The summed E-state index contributed by atoms with van der Waals surface area (Å²) in [7, 11) is 1.92. The summed E-state index contributed by atoms with van der Waals surface area (Å²) >= 11 is 0. The van der Waals surface area contributed by atoms with Gasteiger partial charge in [0.05, 0.1) is 22.6 Å². The first-order chi connectivity index (χ1) is 17.9. The second-order valence-corrected chi connectivity index (χ2v) is 10.4. The molecule has 37 heavy (non-hydrogen) atoms. The Bertz CT molecular complexity index is 1460. The predicted molar refractivity (Wildman–Crippen MR) is 145 cm³/mol. The third-order valence-corrected chi connectivity index (χ3v) is 7.60. The summed E-state index contributed by atoms with van der Waals surface area (Å²) in [6.07, 6.45) is 7.18. The van der Waals surface area contributed by atoms with Crippen molar-refractivity contribution in [2.45, 2.75) is 58.1 Å². The zero-order valence-electron chi connectivity index (χ0n) is 21.5. The van der Waals surface area contributed by atoms with E-state index in [4.69, 9.17) is 15.2 Å². The Balaban J connectivity index is 1.31. The lowest BCUT2D eigenvalue weighted by Crippen LogP contribution is -2.21. The highest BCUT2D eigenvalue weighted by molar-refractivity contribution is 6.01. The number of hydrogen-bond acceptors (Lipinski definition) is 5. The second-order valence-electron chi connectivity index (χ2n) is 10.4. The average Bonchev–Trinajstić information content (AvgIpc) is 3.59. The number of anilines is 2. The molecule has 6 rings (SSSR count). The van der Waals surface area contributed by atoms with E-state index in [9.17, 15) is 4.79 Å². The molecule has 2 aliphatic carbocycles. The third-order valence-electron chi connectivity index (χ3n) is 7.60. The zero-order valence-corrected chi connectivity index (χ0v) is 21.5. The molecule has 1 atom stereocenters. The molecule has 0 aliphatic heterocycles. The van der Waals surface area contributed by atoms with Gasteiger partial charge in [0.25, 0.3) is 0 Å². The first-order valence-electron chi connectivity index (χ1n) is 13.1. The number of carbonyl (C=O) groups excluding carboxylic acids is 1. The van der Waals surface area contributed by atoms with E-state index in [2.05, 4.69) is 20.9 Å². The number of fused-ring (bicyclic) bond motifs is 1. The maximum Gasteiger partial charge on any atom is 0.411 e. The number of imidazole rings is 1. The molecular weight excluding hydrogens is 466 g/mol. The van der Waals surface area contributed by atoms with Crippen LogP contribution in [0.1, 0.15) is 50.8 Å². The zero-order chi connectivity index (χ0) is 25.7. The van der Waals surface area contributed by atoms with Crippen LogP contribution in [0.5, 0.6) is 11.8 Å². The van der Waals surface area contributed by atoms with Crippen LogP contribution in [0.15, 0.2) is 48.7 Å². The van der Waals surface area contributed by atoms with Crippen molar-refractivity contribution < 1.29 is 14.3 Å². The van der Waals surface area contributed by atoms with Crippen molar-refractivity contribution in [3.05, 3.63) is 54.4 Å². The first-order valence-corrected chi connectivity index (χ1v) is 13.1. The topological polar surface area (TPSA) is 96.3 Å². The fraction of sp³-hybridized carbons (Fsp3) is 0.379. The number of rotatable bonds is 7. The van der Waals surface area contributed by atoms with Crippen LogP contribution in [0, 0.1) is 12.8 Å². The molecular formula is C29H33N5O3. The molecule has 0 spiro atoms. The van der Waals surface area contributed by atoms with Gasteiger partial charge in [0.15, 0.2) is 0 Å². The molecule has 8 heteroatoms. The molecule has 2 aliphatic rings. The van der Waals surface area contributed by atoms with Crippen LogP contribution in [-0.4, -0.2) is 26.3 Å². The molecule has 2 aromatic heterocycles. The van der Waals surface area contributed by atoms with Crippen molar-refractivity contribution in [2.75, 3.05) is 11.1 Å². The molecule has 2 fully saturated rings. The standard InChI is InChI=1S/C29H33N5O3/c1-17-16-33(3)28(31-17)37-23-13-14-24-25(15-23)34(22-5-4-6-22)27(26(24)30)20-9-11-21(12-10-20)32-29(35)36-18(2)19-7-8-19/h9-16,18-19,22H,4-8,30H2,1-3H3,(H,32,35). The van der Waals surface area contributed by atoms with Gasteiger partial charge < -0.3 is 24.3 Å². The number of aromatic nitrogens is 3. The van der Waals surface area contributed by atoms with Crippen molar-refractivity contribution in [3.8, 4) is 23.0 Å². The van der Waals surface area contributed by atoms with E-state index in [0.717, 1.165) is 65.0 Å². The predicted octanol–water partition coefficient (Wildman–Crippen LogP) is 6.80. The highest BCUT2D eigenvalue weighted by atomic mass is 16.6. The maximum absolute atomic E-state index is 12.3. The van der Waals surface area contributed by atoms with Crippen LogP contribution >= 0.6 is 0 Å². The summed E-state index contributed by atoms with van der Waals surface area (Å²) in [4.78, 5) is 16.7. The largest absolute Gasteiger partial charge is 0.446 e. The molecule has 1 amide bonds. The fourth-order valence-corrected chi connectivity index (χ4v) is 5.18. The van der Waals surface area contributed by atoms with Gasteiger partial charge >= 0.3 is 12.1 Å². The van der Waals surface area contributed by atoms with Gasteiger partial charge in [-0.05, 0) is 76.1 Å². The van der Waals surface area contributed by atoms with Gasteiger partial charge in [0, 0.05) is 42.0 Å². The minimum atomic E-state index is -0.411. The third kappa shape index (κ3) is 4.52. The molecule has 0 radical (unpaired) electrons. The highest BCUT2D eigenvalue weighted by Crippen LogP contribution is 2.45. The van der Waals surface area contributed by atoms with E-state index >= 15 is 0 Å². The number of nitrogens with one attached hydrogen (secondary N) is 1. The van der Waals surface area contributed by atoms with Crippen molar-refractivity contribution in [1.82, 2.24) is 14.1 Å². The monoisotopic (exact) mass is 499 g/mol. The maximum atomic E-state index is 12.3. The van der Waals surface area contributed by atoms with Gasteiger partial charge in [-0.25, -0.2) is 9.78 Å². The summed E-state index contributed by atoms with van der Waals surface area (Å²) in [5, 5.41) is 3.85. The van der Waals surface area contributed by atoms with Crippen LogP contribution in [0.4, 0.5) is 16.2 Å². The van der Waals surface area contributed by atoms with E-state index in [1.54, 1.807) is 0 Å².